The molecule has 0 fully saturated rings. The minimum Gasteiger partial charge on any atom is -0.497 e. The van der Waals surface area contributed by atoms with Crippen molar-refractivity contribution in [2.75, 3.05) is 30.5 Å². The molecule has 0 saturated carbocycles. The standard InChI is InChI=1S/C26H28N2O3/c1-26(2,3)18-8-10-19(11-9-18)27-25(29)22-6-5-7-23-24(22)31-17-16-28(23)20-12-14-21(30-4)15-13-20/h5-15H,16-17H2,1-4H3,(H,27,29). The fourth-order valence-corrected chi connectivity index (χ4v) is 3.71. The van der Waals surface area contributed by atoms with Crippen molar-refractivity contribution in [1.29, 1.82) is 0 Å². The molecule has 5 nitrogen and oxygen atoms in total. The van der Waals surface area contributed by atoms with Gasteiger partial charge in [-0.25, -0.2) is 0 Å². The number of para-hydroxylation sites is 1. The van der Waals surface area contributed by atoms with E-state index in [4.69, 9.17) is 9.47 Å². The van der Waals surface area contributed by atoms with Crippen LogP contribution in [0.15, 0.2) is 66.7 Å². The van der Waals surface area contributed by atoms with Crippen LogP contribution in [0.4, 0.5) is 17.1 Å². The number of methoxy groups -OCH3 is 1. The Labute approximate surface area is 183 Å². The molecule has 31 heavy (non-hydrogen) atoms. The second kappa shape index (κ2) is 8.34. The van der Waals surface area contributed by atoms with Gasteiger partial charge < -0.3 is 19.7 Å². The van der Waals surface area contributed by atoms with Gasteiger partial charge in [0.1, 0.15) is 12.4 Å². The molecule has 3 aromatic carbocycles. The van der Waals surface area contributed by atoms with Crippen molar-refractivity contribution in [2.45, 2.75) is 26.2 Å². The van der Waals surface area contributed by atoms with Crippen molar-refractivity contribution >= 4 is 23.0 Å². The Morgan fingerprint density at radius 1 is 1.00 bits per heavy atom. The lowest BCUT2D eigenvalue weighted by Gasteiger charge is -2.32. The fourth-order valence-electron chi connectivity index (χ4n) is 3.71. The second-order valence-electron chi connectivity index (χ2n) is 8.63. The van der Waals surface area contributed by atoms with Crippen molar-refractivity contribution in [1.82, 2.24) is 0 Å². The quantitative estimate of drug-likeness (QED) is 0.586. The number of benzene rings is 3. The van der Waals surface area contributed by atoms with Gasteiger partial charge in [-0.1, -0.05) is 39.0 Å². The monoisotopic (exact) mass is 416 g/mol. The van der Waals surface area contributed by atoms with Gasteiger partial charge in [-0.15, -0.1) is 0 Å². The van der Waals surface area contributed by atoms with Crippen LogP contribution in [0.5, 0.6) is 11.5 Å². The van der Waals surface area contributed by atoms with Gasteiger partial charge >= 0.3 is 0 Å². The van der Waals surface area contributed by atoms with Crippen molar-refractivity contribution < 1.29 is 14.3 Å². The largest absolute Gasteiger partial charge is 0.497 e. The summed E-state index contributed by atoms with van der Waals surface area (Å²) in [5, 5.41) is 3.00. The first-order chi connectivity index (χ1) is 14.9. The third-order valence-corrected chi connectivity index (χ3v) is 5.48. The zero-order valence-corrected chi connectivity index (χ0v) is 18.4. The Morgan fingerprint density at radius 2 is 1.71 bits per heavy atom. The van der Waals surface area contributed by atoms with Gasteiger partial charge in [0.05, 0.1) is 24.9 Å². The number of hydrogen-bond acceptors (Lipinski definition) is 4. The Kier molecular flexibility index (Phi) is 5.59. The third-order valence-electron chi connectivity index (χ3n) is 5.48. The number of amides is 1. The van der Waals surface area contributed by atoms with E-state index in [1.54, 1.807) is 13.2 Å². The summed E-state index contributed by atoms with van der Waals surface area (Å²) in [6, 6.07) is 21.6. The van der Waals surface area contributed by atoms with Crippen LogP contribution in [-0.2, 0) is 5.41 Å². The summed E-state index contributed by atoms with van der Waals surface area (Å²) in [6.07, 6.45) is 0. The van der Waals surface area contributed by atoms with Crippen LogP contribution >= 0.6 is 0 Å². The minimum absolute atomic E-state index is 0.0692. The first-order valence-electron chi connectivity index (χ1n) is 10.5. The highest BCUT2D eigenvalue weighted by atomic mass is 16.5. The van der Waals surface area contributed by atoms with E-state index >= 15 is 0 Å². The molecule has 1 aliphatic heterocycles. The fraction of sp³-hybridized carbons (Fsp3) is 0.269. The predicted molar refractivity (Wildman–Crippen MR) is 125 cm³/mol. The average Bonchev–Trinajstić information content (AvgIpc) is 2.78. The molecule has 0 bridgehead atoms. The van der Waals surface area contributed by atoms with E-state index in [0.29, 0.717) is 24.5 Å². The normalized spacial score (nSPS) is 13.2. The van der Waals surface area contributed by atoms with Gasteiger partial charge in [-0.2, -0.15) is 0 Å². The van der Waals surface area contributed by atoms with Crippen molar-refractivity contribution in [3.8, 4) is 11.5 Å². The van der Waals surface area contributed by atoms with Crippen LogP contribution in [0, 0.1) is 0 Å². The maximum Gasteiger partial charge on any atom is 0.259 e. The van der Waals surface area contributed by atoms with Gasteiger partial charge in [0, 0.05) is 11.4 Å². The highest BCUT2D eigenvalue weighted by Gasteiger charge is 2.25. The van der Waals surface area contributed by atoms with Gasteiger partial charge in [0.2, 0.25) is 0 Å². The zero-order chi connectivity index (χ0) is 22.0. The van der Waals surface area contributed by atoms with E-state index in [1.807, 2.05) is 48.5 Å². The molecule has 0 unspecified atom stereocenters. The molecule has 1 N–H and O–H groups in total. The summed E-state index contributed by atoms with van der Waals surface area (Å²) in [5.74, 6) is 1.23. The summed E-state index contributed by atoms with van der Waals surface area (Å²) in [6.45, 7) is 7.72. The van der Waals surface area contributed by atoms with E-state index in [2.05, 4.69) is 43.1 Å². The smallest absolute Gasteiger partial charge is 0.259 e. The molecule has 0 spiro atoms. The van der Waals surface area contributed by atoms with Crippen LogP contribution in [0.25, 0.3) is 0 Å². The Hall–Kier alpha value is -3.47. The van der Waals surface area contributed by atoms with Crippen LogP contribution < -0.4 is 19.7 Å². The lowest BCUT2D eigenvalue weighted by Crippen LogP contribution is -2.30. The van der Waals surface area contributed by atoms with Crippen LogP contribution in [0.2, 0.25) is 0 Å². The van der Waals surface area contributed by atoms with Gasteiger partial charge in [-0.05, 0) is 59.5 Å². The highest BCUT2D eigenvalue weighted by molar-refractivity contribution is 6.07. The summed E-state index contributed by atoms with van der Waals surface area (Å²) >= 11 is 0. The Bertz CT molecular complexity index is 1070. The Balaban J connectivity index is 1.59. The topological polar surface area (TPSA) is 50.8 Å². The molecule has 1 heterocycles. The minimum atomic E-state index is -0.183. The number of carbonyl (C=O) groups excluding carboxylic acids is 1. The first kappa shape index (κ1) is 20.8. The Morgan fingerprint density at radius 3 is 2.35 bits per heavy atom. The lowest BCUT2D eigenvalue weighted by atomic mass is 9.87. The maximum absolute atomic E-state index is 13.1. The van der Waals surface area contributed by atoms with Crippen LogP contribution in [0.1, 0.15) is 36.7 Å². The molecular weight excluding hydrogens is 388 g/mol. The highest BCUT2D eigenvalue weighted by Crippen LogP contribution is 2.39. The van der Waals surface area contributed by atoms with E-state index in [1.165, 1.54) is 5.56 Å². The molecule has 160 valence electrons. The molecule has 1 aliphatic rings. The van der Waals surface area contributed by atoms with E-state index in [9.17, 15) is 4.79 Å². The van der Waals surface area contributed by atoms with E-state index < -0.39 is 0 Å². The van der Waals surface area contributed by atoms with Crippen LogP contribution in [0.3, 0.4) is 0 Å². The number of ether oxygens (including phenoxy) is 2. The third kappa shape index (κ3) is 4.36. The molecule has 0 aliphatic carbocycles. The number of anilines is 3. The van der Waals surface area contributed by atoms with E-state index in [0.717, 1.165) is 22.8 Å². The number of fused-ring (bicyclic) bond motifs is 1. The van der Waals surface area contributed by atoms with Crippen molar-refractivity contribution in [2.24, 2.45) is 0 Å². The summed E-state index contributed by atoms with van der Waals surface area (Å²) in [4.78, 5) is 15.2. The molecule has 3 aromatic rings. The molecule has 1 amide bonds. The SMILES string of the molecule is COc1ccc(N2CCOc3c(C(=O)Nc4ccc(C(C)(C)C)cc4)cccc32)cc1. The number of hydrogen-bond donors (Lipinski definition) is 1. The van der Waals surface area contributed by atoms with E-state index in [-0.39, 0.29) is 11.3 Å². The molecule has 0 radical (unpaired) electrons. The molecule has 0 aromatic heterocycles. The number of rotatable bonds is 4. The van der Waals surface area contributed by atoms with Gasteiger partial charge in [-0.3, -0.25) is 4.79 Å². The second-order valence-corrected chi connectivity index (χ2v) is 8.63. The van der Waals surface area contributed by atoms with Crippen molar-refractivity contribution in [3.05, 3.63) is 77.9 Å². The maximum atomic E-state index is 13.1. The molecule has 4 rings (SSSR count). The van der Waals surface area contributed by atoms with Gasteiger partial charge in [0.15, 0.2) is 5.75 Å². The lowest BCUT2D eigenvalue weighted by molar-refractivity contribution is 0.102. The average molecular weight is 417 g/mol. The first-order valence-corrected chi connectivity index (χ1v) is 10.5. The molecule has 0 saturated heterocycles. The number of carbonyl (C=O) groups is 1. The zero-order valence-electron chi connectivity index (χ0n) is 18.4. The number of nitrogens with zero attached hydrogens (tertiary/aromatic N) is 1. The van der Waals surface area contributed by atoms with Crippen molar-refractivity contribution in [3.63, 3.8) is 0 Å². The molecular formula is C26H28N2O3. The summed E-state index contributed by atoms with van der Waals surface area (Å²) in [7, 11) is 1.65. The molecule has 5 heteroatoms. The molecule has 0 atom stereocenters. The predicted octanol–water partition coefficient (Wildman–Crippen LogP) is 5.78. The van der Waals surface area contributed by atoms with Crippen LogP contribution in [-0.4, -0.2) is 26.2 Å². The summed E-state index contributed by atoms with van der Waals surface area (Å²) in [5.41, 5.74) is 4.49. The van der Waals surface area contributed by atoms with Gasteiger partial charge in [0.25, 0.3) is 5.91 Å². The number of nitrogens with one attached hydrogen (secondary N) is 1. The summed E-state index contributed by atoms with van der Waals surface area (Å²) < 4.78 is 11.2.